The summed E-state index contributed by atoms with van der Waals surface area (Å²) >= 11 is 0. The predicted molar refractivity (Wildman–Crippen MR) is 125 cm³/mol. The average Bonchev–Trinajstić information content (AvgIpc) is 3.15. The van der Waals surface area contributed by atoms with Crippen LogP contribution < -0.4 is 9.64 Å². The van der Waals surface area contributed by atoms with E-state index >= 15 is 0 Å². The van der Waals surface area contributed by atoms with Gasteiger partial charge >= 0.3 is 0 Å². The first kappa shape index (κ1) is 22.5. The lowest BCUT2D eigenvalue weighted by molar-refractivity contribution is -0.758. The summed E-state index contributed by atoms with van der Waals surface area (Å²) in [5.74, 6) is 2.05. The van der Waals surface area contributed by atoms with Crippen molar-refractivity contribution >= 4 is 11.7 Å². The van der Waals surface area contributed by atoms with E-state index in [2.05, 4.69) is 50.1 Å². The third-order valence-corrected chi connectivity index (χ3v) is 6.21. The lowest BCUT2D eigenvalue weighted by atomic mass is 9.97. The number of aromatic nitrogens is 1. The van der Waals surface area contributed by atoms with Crippen molar-refractivity contribution in [3.8, 4) is 5.75 Å². The van der Waals surface area contributed by atoms with Crippen LogP contribution in [0.3, 0.4) is 0 Å². The molecule has 1 amide bonds. The Bertz CT molecular complexity index is 965. The molecule has 32 heavy (non-hydrogen) atoms. The molecule has 172 valence electrons. The van der Waals surface area contributed by atoms with E-state index in [9.17, 15) is 4.79 Å². The summed E-state index contributed by atoms with van der Waals surface area (Å²) < 4.78 is 5.96. The van der Waals surface area contributed by atoms with Gasteiger partial charge in [0.2, 0.25) is 5.84 Å². The maximum absolute atomic E-state index is 13.7. The number of rotatable bonds is 6. The summed E-state index contributed by atoms with van der Waals surface area (Å²) in [4.78, 5) is 28.7. The second kappa shape index (κ2) is 9.45. The first-order chi connectivity index (χ1) is 15.3. The Morgan fingerprint density at radius 3 is 2.88 bits per heavy atom. The first-order valence-electron chi connectivity index (χ1n) is 11.8. The largest absolute Gasteiger partial charge is 0.491 e. The van der Waals surface area contributed by atoms with Crippen molar-refractivity contribution in [1.82, 2.24) is 14.8 Å². The van der Waals surface area contributed by atoms with Crippen LogP contribution >= 0.6 is 0 Å². The molecular formula is C25H36N5O2+. The van der Waals surface area contributed by atoms with E-state index in [1.54, 1.807) is 0 Å². The molecule has 1 aromatic rings. The molecule has 0 aromatic carbocycles. The average molecular weight is 439 g/mol. The zero-order valence-corrected chi connectivity index (χ0v) is 20.0. The smallest absolute Gasteiger partial charge is 0.276 e. The highest BCUT2D eigenvalue weighted by Crippen LogP contribution is 2.28. The van der Waals surface area contributed by atoms with E-state index in [4.69, 9.17) is 9.73 Å². The van der Waals surface area contributed by atoms with Gasteiger partial charge in [-0.05, 0) is 51.2 Å². The Balaban J connectivity index is 1.54. The van der Waals surface area contributed by atoms with Crippen molar-refractivity contribution in [1.29, 1.82) is 0 Å². The Hall–Kier alpha value is -2.67. The van der Waals surface area contributed by atoms with Crippen LogP contribution in [0.1, 0.15) is 62.6 Å². The number of hydrogen-bond acceptors (Lipinski definition) is 5. The number of piperidine rings is 1. The molecule has 1 aromatic heterocycles. The van der Waals surface area contributed by atoms with Gasteiger partial charge in [0.25, 0.3) is 5.91 Å². The monoisotopic (exact) mass is 438 g/mol. The van der Waals surface area contributed by atoms with Crippen molar-refractivity contribution in [3.63, 3.8) is 0 Å². The fraction of sp³-hybridized carbons (Fsp3) is 0.560. The number of aliphatic imine (C=N–C) groups is 1. The number of hydrogen-bond donors (Lipinski definition) is 1. The lowest BCUT2D eigenvalue weighted by Crippen LogP contribution is -3.11. The molecule has 0 radical (unpaired) electrons. The number of quaternary nitrogens is 1. The molecule has 0 aliphatic carbocycles. The number of carbonyl (C=O) groups is 1. The minimum absolute atomic E-state index is 0.0238. The van der Waals surface area contributed by atoms with Crippen molar-refractivity contribution < 1.29 is 14.4 Å². The van der Waals surface area contributed by atoms with Gasteiger partial charge in [0.15, 0.2) is 18.1 Å². The van der Waals surface area contributed by atoms with Crippen LogP contribution in [0.4, 0.5) is 0 Å². The Labute approximate surface area is 191 Å². The number of nitrogens with one attached hydrogen (secondary N) is 1. The van der Waals surface area contributed by atoms with E-state index in [1.807, 2.05) is 24.0 Å². The van der Waals surface area contributed by atoms with E-state index in [0.29, 0.717) is 24.0 Å². The van der Waals surface area contributed by atoms with E-state index in [0.717, 1.165) is 56.1 Å². The zero-order valence-electron chi connectivity index (χ0n) is 20.0. The maximum Gasteiger partial charge on any atom is 0.276 e. The Morgan fingerprint density at radius 2 is 2.09 bits per heavy atom. The third kappa shape index (κ3) is 4.88. The summed E-state index contributed by atoms with van der Waals surface area (Å²) in [5, 5.41) is 0. The Kier molecular flexibility index (Phi) is 6.65. The summed E-state index contributed by atoms with van der Waals surface area (Å²) in [5.41, 5.74) is 3.55. The fourth-order valence-electron chi connectivity index (χ4n) is 4.72. The molecule has 2 atom stereocenters. The molecule has 7 nitrogen and oxygen atoms in total. The highest BCUT2D eigenvalue weighted by molar-refractivity contribution is 5.95. The highest BCUT2D eigenvalue weighted by atomic mass is 16.5. The number of ether oxygens (including phenoxy) is 1. The summed E-state index contributed by atoms with van der Waals surface area (Å²) in [6, 6.07) is 3.93. The number of amides is 1. The molecule has 0 spiro atoms. The number of amidine groups is 1. The molecule has 7 heteroatoms. The molecule has 1 unspecified atom stereocenters. The molecule has 1 saturated heterocycles. The van der Waals surface area contributed by atoms with Gasteiger partial charge in [-0.25, -0.2) is 9.88 Å². The van der Waals surface area contributed by atoms with Gasteiger partial charge in [-0.15, -0.1) is 0 Å². The van der Waals surface area contributed by atoms with Crippen LogP contribution in [0.15, 0.2) is 40.8 Å². The molecule has 0 bridgehead atoms. The van der Waals surface area contributed by atoms with E-state index in [-0.39, 0.29) is 11.9 Å². The van der Waals surface area contributed by atoms with Gasteiger partial charge in [0.05, 0.1) is 6.61 Å². The minimum Gasteiger partial charge on any atom is -0.491 e. The molecule has 1 fully saturated rings. The van der Waals surface area contributed by atoms with Gasteiger partial charge in [0.1, 0.15) is 11.9 Å². The third-order valence-electron chi connectivity index (χ3n) is 6.21. The summed E-state index contributed by atoms with van der Waals surface area (Å²) in [6.07, 6.45) is 8.30. The quantitative estimate of drug-likeness (QED) is 0.742. The molecule has 3 aliphatic heterocycles. The second-order valence-corrected chi connectivity index (χ2v) is 9.71. The standard InChI is InChI=1S/C25H35N5O2/c1-17(2)15-32-22-10-9-19(4)26-23(22)25(31)30-11-7-6-8-21(30)12-20-14-29-16-28(5)13-18(3)24(29)27-20/h9-10,13-14,17,21H,6-8,11-12,15-16H2,1-5H3/p+1/t21-/m0/s1. The number of nitrogens with zero attached hydrogens (tertiary/aromatic N) is 4. The van der Waals surface area contributed by atoms with Crippen LogP contribution in [0, 0.1) is 12.8 Å². The lowest BCUT2D eigenvalue weighted by Gasteiger charge is -2.35. The minimum atomic E-state index is -0.0238. The van der Waals surface area contributed by atoms with Gasteiger partial charge in [-0.3, -0.25) is 4.79 Å². The number of carbonyl (C=O) groups excluding carboxylic acids is 1. The van der Waals surface area contributed by atoms with Crippen molar-refractivity contribution in [3.05, 3.63) is 47.2 Å². The number of likely N-dealkylation sites (tertiary alicyclic amines) is 1. The normalized spacial score (nSPS) is 23.0. The van der Waals surface area contributed by atoms with Crippen LogP contribution in [0.5, 0.6) is 5.75 Å². The molecule has 0 saturated carbocycles. The molecule has 3 aliphatic rings. The Morgan fingerprint density at radius 1 is 1.28 bits per heavy atom. The van der Waals surface area contributed by atoms with Gasteiger partial charge in [-0.2, -0.15) is 4.99 Å². The molecule has 1 N–H and O–H groups in total. The molecule has 4 rings (SSSR count). The maximum atomic E-state index is 13.7. The second-order valence-electron chi connectivity index (χ2n) is 9.71. The van der Waals surface area contributed by atoms with Crippen LogP contribution in [0.25, 0.3) is 0 Å². The van der Waals surface area contributed by atoms with Crippen LogP contribution in [-0.4, -0.2) is 59.4 Å². The SMILES string of the molecule is CC1=CN(C)C[NH+]2C=C(C[C@@H]3CCCCN3C(=O)c3nc(C)ccc3OCC(C)C)N=C12. The van der Waals surface area contributed by atoms with Gasteiger partial charge in [-0.1, -0.05) is 13.8 Å². The summed E-state index contributed by atoms with van der Waals surface area (Å²) in [6.45, 7) is 10.4. The van der Waals surface area contributed by atoms with Crippen molar-refractivity contribution in [2.45, 2.75) is 59.4 Å². The predicted octanol–water partition coefficient (Wildman–Crippen LogP) is 2.75. The van der Waals surface area contributed by atoms with Crippen LogP contribution in [-0.2, 0) is 0 Å². The number of pyridine rings is 1. The highest BCUT2D eigenvalue weighted by Gasteiger charge is 2.34. The van der Waals surface area contributed by atoms with Gasteiger partial charge < -0.3 is 14.5 Å². The van der Waals surface area contributed by atoms with Crippen LogP contribution in [0.2, 0.25) is 0 Å². The zero-order chi connectivity index (χ0) is 22.8. The molecular weight excluding hydrogens is 402 g/mol. The number of fused-ring (bicyclic) bond motifs is 1. The summed E-state index contributed by atoms with van der Waals surface area (Å²) in [7, 11) is 2.09. The van der Waals surface area contributed by atoms with E-state index in [1.165, 1.54) is 10.5 Å². The van der Waals surface area contributed by atoms with E-state index < -0.39 is 0 Å². The fourth-order valence-corrected chi connectivity index (χ4v) is 4.72. The van der Waals surface area contributed by atoms with Gasteiger partial charge in [0, 0.05) is 43.5 Å². The first-order valence-corrected chi connectivity index (χ1v) is 11.8. The number of aryl methyl sites for hydroxylation is 1. The topological polar surface area (TPSA) is 62.5 Å². The van der Waals surface area contributed by atoms with Crippen molar-refractivity contribution in [2.24, 2.45) is 10.9 Å². The molecule has 4 heterocycles. The van der Waals surface area contributed by atoms with Crippen molar-refractivity contribution in [2.75, 3.05) is 26.9 Å².